The molecule has 0 aromatic heterocycles. The molecule has 25 heavy (non-hydrogen) atoms. The van der Waals surface area contributed by atoms with Crippen molar-refractivity contribution < 1.29 is 9.47 Å². The van der Waals surface area contributed by atoms with Crippen LogP contribution in [0.15, 0.2) is 42.5 Å². The summed E-state index contributed by atoms with van der Waals surface area (Å²) in [6.45, 7) is 0. The fourth-order valence-electron chi connectivity index (χ4n) is 3.14. The van der Waals surface area contributed by atoms with E-state index in [-0.39, 0.29) is 6.10 Å². The minimum Gasteiger partial charge on any atom is -0.493 e. The first-order valence-electron chi connectivity index (χ1n) is 8.52. The van der Waals surface area contributed by atoms with Crippen LogP contribution in [-0.4, -0.2) is 13.2 Å². The average Bonchev–Trinajstić information content (AvgIpc) is 3.14. The summed E-state index contributed by atoms with van der Waals surface area (Å²) in [4.78, 5) is 0. The van der Waals surface area contributed by atoms with Crippen molar-refractivity contribution in [2.24, 2.45) is 0 Å². The predicted molar refractivity (Wildman–Crippen MR) is 100 cm³/mol. The molecular weight excluding hydrogens is 312 g/mol. The van der Waals surface area contributed by atoms with Crippen molar-refractivity contribution in [3.63, 3.8) is 0 Å². The Kier molecular flexibility index (Phi) is 5.25. The topological polar surface area (TPSA) is 68.3 Å². The summed E-state index contributed by atoms with van der Waals surface area (Å²) in [5.41, 5.74) is 8.73. The van der Waals surface area contributed by atoms with Gasteiger partial charge in [-0.3, -0.25) is 0 Å². The van der Waals surface area contributed by atoms with Crippen molar-refractivity contribution in [2.45, 2.75) is 31.8 Å². The van der Waals surface area contributed by atoms with Crippen LogP contribution in [0.1, 0.15) is 36.8 Å². The Balaban J connectivity index is 1.93. The molecule has 1 saturated carbocycles. The van der Waals surface area contributed by atoms with Gasteiger partial charge in [0.15, 0.2) is 11.5 Å². The van der Waals surface area contributed by atoms with E-state index in [4.69, 9.17) is 15.2 Å². The van der Waals surface area contributed by atoms with Gasteiger partial charge in [0.05, 0.1) is 24.9 Å². The largest absolute Gasteiger partial charge is 0.493 e. The SMILES string of the molecule is COc1ccc(/C=C(\C#N)c2ccccc2N)cc1OC1CCCC1. The Bertz CT molecular complexity index is 815. The smallest absolute Gasteiger partial charge is 0.162 e. The second kappa shape index (κ2) is 7.76. The Hall–Kier alpha value is -2.93. The van der Waals surface area contributed by atoms with Crippen molar-refractivity contribution >= 4 is 17.3 Å². The number of anilines is 1. The van der Waals surface area contributed by atoms with Crippen molar-refractivity contribution in [1.82, 2.24) is 0 Å². The molecule has 128 valence electrons. The lowest BCUT2D eigenvalue weighted by Gasteiger charge is -2.16. The third-order valence-electron chi connectivity index (χ3n) is 4.47. The van der Waals surface area contributed by atoms with Gasteiger partial charge in [-0.25, -0.2) is 0 Å². The molecule has 2 aromatic rings. The summed E-state index contributed by atoms with van der Waals surface area (Å²) in [7, 11) is 1.64. The maximum atomic E-state index is 9.54. The molecule has 2 N–H and O–H groups in total. The van der Waals surface area contributed by atoms with Crippen LogP contribution in [0.4, 0.5) is 5.69 Å². The summed E-state index contributed by atoms with van der Waals surface area (Å²) in [6.07, 6.45) is 6.64. The molecule has 2 aromatic carbocycles. The molecule has 1 aliphatic rings. The molecule has 0 amide bonds. The number of ether oxygens (including phenoxy) is 2. The quantitative estimate of drug-likeness (QED) is 0.490. The molecule has 4 heteroatoms. The molecule has 3 rings (SSSR count). The second-order valence-corrected chi connectivity index (χ2v) is 6.19. The van der Waals surface area contributed by atoms with Crippen LogP contribution in [0.5, 0.6) is 11.5 Å². The lowest BCUT2D eigenvalue weighted by molar-refractivity contribution is 0.201. The van der Waals surface area contributed by atoms with Crippen LogP contribution in [0.3, 0.4) is 0 Å². The van der Waals surface area contributed by atoms with Crippen LogP contribution < -0.4 is 15.2 Å². The maximum Gasteiger partial charge on any atom is 0.162 e. The van der Waals surface area contributed by atoms with E-state index in [1.807, 2.05) is 42.5 Å². The van der Waals surface area contributed by atoms with Crippen molar-refractivity contribution in [3.05, 3.63) is 53.6 Å². The number of nitrogens with two attached hydrogens (primary N) is 1. The molecule has 0 saturated heterocycles. The molecule has 0 radical (unpaired) electrons. The Labute approximate surface area is 148 Å². The molecular formula is C21H22N2O2. The van der Waals surface area contributed by atoms with Gasteiger partial charge in [0.1, 0.15) is 0 Å². The maximum absolute atomic E-state index is 9.54. The number of hydrogen-bond donors (Lipinski definition) is 1. The molecule has 0 aliphatic heterocycles. The number of nitrogen functional groups attached to an aromatic ring is 1. The zero-order valence-corrected chi connectivity index (χ0v) is 14.4. The predicted octanol–water partition coefficient (Wildman–Crippen LogP) is 4.66. The summed E-state index contributed by atoms with van der Waals surface area (Å²) in [5.74, 6) is 1.43. The molecule has 0 spiro atoms. The zero-order chi connectivity index (χ0) is 17.6. The minimum absolute atomic E-state index is 0.244. The number of rotatable bonds is 5. The molecule has 0 bridgehead atoms. The van der Waals surface area contributed by atoms with Crippen LogP contribution in [0.2, 0.25) is 0 Å². The van der Waals surface area contributed by atoms with Gasteiger partial charge in [-0.1, -0.05) is 24.3 Å². The van der Waals surface area contributed by atoms with E-state index in [1.54, 1.807) is 13.2 Å². The van der Waals surface area contributed by atoms with Crippen molar-refractivity contribution in [2.75, 3.05) is 12.8 Å². The third kappa shape index (κ3) is 3.95. The van der Waals surface area contributed by atoms with Gasteiger partial charge in [-0.2, -0.15) is 5.26 Å². The zero-order valence-electron chi connectivity index (χ0n) is 14.4. The van der Waals surface area contributed by atoms with Gasteiger partial charge in [0.25, 0.3) is 0 Å². The fourth-order valence-corrected chi connectivity index (χ4v) is 3.14. The number of hydrogen-bond acceptors (Lipinski definition) is 4. The summed E-state index contributed by atoms with van der Waals surface area (Å²) in [6, 6.07) is 15.3. The highest BCUT2D eigenvalue weighted by Crippen LogP contribution is 2.33. The summed E-state index contributed by atoms with van der Waals surface area (Å²) >= 11 is 0. The minimum atomic E-state index is 0.244. The first-order valence-corrected chi connectivity index (χ1v) is 8.52. The molecule has 0 heterocycles. The standard InChI is InChI=1S/C21H22N2O2/c1-24-20-11-10-15(13-21(20)25-17-6-2-3-7-17)12-16(14-22)18-8-4-5-9-19(18)23/h4-5,8-13,17H,2-3,6-7,23H2,1H3/b16-12+. The summed E-state index contributed by atoms with van der Waals surface area (Å²) in [5, 5.41) is 9.54. The average molecular weight is 334 g/mol. The number of benzene rings is 2. The van der Waals surface area contributed by atoms with Crippen LogP contribution in [0, 0.1) is 11.3 Å². The number of para-hydroxylation sites is 1. The van der Waals surface area contributed by atoms with Crippen LogP contribution >= 0.6 is 0 Å². The van der Waals surface area contributed by atoms with Gasteiger partial charge in [-0.15, -0.1) is 0 Å². The lowest BCUT2D eigenvalue weighted by atomic mass is 10.0. The Morgan fingerprint density at radius 1 is 1.16 bits per heavy atom. The Morgan fingerprint density at radius 2 is 1.92 bits per heavy atom. The monoisotopic (exact) mass is 334 g/mol. The highest BCUT2D eigenvalue weighted by Gasteiger charge is 2.18. The lowest BCUT2D eigenvalue weighted by Crippen LogP contribution is -2.11. The molecule has 0 atom stereocenters. The van der Waals surface area contributed by atoms with Crippen molar-refractivity contribution in [1.29, 1.82) is 5.26 Å². The summed E-state index contributed by atoms with van der Waals surface area (Å²) < 4.78 is 11.5. The number of nitrogens with zero attached hydrogens (tertiary/aromatic N) is 1. The first kappa shape index (κ1) is 16.9. The molecule has 4 nitrogen and oxygen atoms in total. The van der Waals surface area contributed by atoms with E-state index in [1.165, 1.54) is 12.8 Å². The van der Waals surface area contributed by atoms with E-state index in [0.29, 0.717) is 17.0 Å². The van der Waals surface area contributed by atoms with Crippen molar-refractivity contribution in [3.8, 4) is 17.6 Å². The van der Waals surface area contributed by atoms with E-state index in [9.17, 15) is 5.26 Å². The van der Waals surface area contributed by atoms with E-state index >= 15 is 0 Å². The highest BCUT2D eigenvalue weighted by molar-refractivity contribution is 5.93. The van der Waals surface area contributed by atoms with Gasteiger partial charge < -0.3 is 15.2 Å². The molecule has 1 aliphatic carbocycles. The van der Waals surface area contributed by atoms with Gasteiger partial charge in [-0.05, 0) is 55.5 Å². The van der Waals surface area contributed by atoms with Crippen LogP contribution in [-0.2, 0) is 0 Å². The fraction of sp³-hybridized carbons (Fsp3) is 0.286. The first-order chi connectivity index (χ1) is 12.2. The highest BCUT2D eigenvalue weighted by atomic mass is 16.5. The van der Waals surface area contributed by atoms with Gasteiger partial charge >= 0.3 is 0 Å². The molecule has 0 unspecified atom stereocenters. The normalized spacial score (nSPS) is 15.0. The number of methoxy groups -OCH3 is 1. The third-order valence-corrected chi connectivity index (χ3v) is 4.47. The van der Waals surface area contributed by atoms with E-state index in [2.05, 4.69) is 6.07 Å². The van der Waals surface area contributed by atoms with Gasteiger partial charge in [0.2, 0.25) is 0 Å². The van der Waals surface area contributed by atoms with Crippen LogP contribution in [0.25, 0.3) is 11.6 Å². The van der Waals surface area contributed by atoms with E-state index in [0.717, 1.165) is 29.7 Å². The molecule has 1 fully saturated rings. The number of nitriles is 1. The number of allylic oxidation sites excluding steroid dienone is 1. The Morgan fingerprint density at radius 3 is 2.60 bits per heavy atom. The van der Waals surface area contributed by atoms with Gasteiger partial charge in [0, 0.05) is 11.3 Å². The second-order valence-electron chi connectivity index (χ2n) is 6.19. The van der Waals surface area contributed by atoms with E-state index < -0.39 is 0 Å².